The van der Waals surface area contributed by atoms with Gasteiger partial charge in [0.1, 0.15) is 5.76 Å². The molecule has 114 valence electrons. The second-order valence-electron chi connectivity index (χ2n) is 4.37. The zero-order valence-electron chi connectivity index (χ0n) is 11.0. The van der Waals surface area contributed by atoms with Gasteiger partial charge in [-0.05, 0) is 52.3 Å². The Balaban J connectivity index is 2.46. The molecule has 0 fully saturated rings. The molecule has 2 aromatic rings. The van der Waals surface area contributed by atoms with E-state index >= 15 is 0 Å². The Bertz CT molecular complexity index is 625. The maximum Gasteiger partial charge on any atom is 0.417 e. The van der Waals surface area contributed by atoms with Crippen LogP contribution in [0.1, 0.15) is 29.9 Å². The van der Waals surface area contributed by atoms with Gasteiger partial charge < -0.3 is 9.73 Å². The van der Waals surface area contributed by atoms with E-state index in [9.17, 15) is 13.2 Å². The van der Waals surface area contributed by atoms with Gasteiger partial charge in [-0.2, -0.15) is 13.2 Å². The molecule has 1 unspecified atom stereocenters. The number of benzene rings is 1. The van der Waals surface area contributed by atoms with Crippen molar-refractivity contribution in [1.29, 1.82) is 0 Å². The second-order valence-corrected chi connectivity index (χ2v) is 6.01. The van der Waals surface area contributed by atoms with E-state index in [4.69, 9.17) is 4.42 Å². The SMILES string of the molecule is CCNC(c1ccc(Br)c(C(F)(F)F)c1)c1ccc(Br)o1. The van der Waals surface area contributed by atoms with Gasteiger partial charge in [-0.1, -0.05) is 28.9 Å². The van der Waals surface area contributed by atoms with E-state index in [0.717, 1.165) is 6.07 Å². The first kappa shape index (κ1) is 16.6. The third kappa shape index (κ3) is 3.90. The fraction of sp³-hybridized carbons (Fsp3) is 0.286. The minimum Gasteiger partial charge on any atom is -0.452 e. The van der Waals surface area contributed by atoms with Crippen LogP contribution in [-0.4, -0.2) is 6.54 Å². The topological polar surface area (TPSA) is 25.2 Å². The Morgan fingerprint density at radius 1 is 1.19 bits per heavy atom. The molecule has 7 heteroatoms. The van der Waals surface area contributed by atoms with Crippen molar-refractivity contribution in [3.05, 3.63) is 56.4 Å². The molecule has 0 spiro atoms. The van der Waals surface area contributed by atoms with Crippen molar-refractivity contribution in [2.45, 2.75) is 19.1 Å². The van der Waals surface area contributed by atoms with Crippen molar-refractivity contribution < 1.29 is 17.6 Å². The number of furan rings is 1. The van der Waals surface area contributed by atoms with Gasteiger partial charge in [0.2, 0.25) is 0 Å². The van der Waals surface area contributed by atoms with Crippen LogP contribution in [-0.2, 0) is 6.18 Å². The highest BCUT2D eigenvalue weighted by molar-refractivity contribution is 9.10. The number of hydrogen-bond acceptors (Lipinski definition) is 2. The van der Waals surface area contributed by atoms with Crippen LogP contribution < -0.4 is 5.32 Å². The molecule has 1 N–H and O–H groups in total. The Morgan fingerprint density at radius 3 is 2.43 bits per heavy atom. The van der Waals surface area contributed by atoms with Crippen molar-refractivity contribution in [3.63, 3.8) is 0 Å². The minimum atomic E-state index is -4.41. The second kappa shape index (κ2) is 6.54. The van der Waals surface area contributed by atoms with Crippen LogP contribution in [0.5, 0.6) is 0 Å². The molecule has 0 aliphatic carbocycles. The van der Waals surface area contributed by atoms with Crippen molar-refractivity contribution >= 4 is 31.9 Å². The van der Waals surface area contributed by atoms with E-state index < -0.39 is 17.8 Å². The van der Waals surface area contributed by atoms with Crippen molar-refractivity contribution in [3.8, 4) is 0 Å². The van der Waals surface area contributed by atoms with Gasteiger partial charge in [0.25, 0.3) is 0 Å². The molecule has 0 bridgehead atoms. The molecule has 1 aromatic heterocycles. The lowest BCUT2D eigenvalue weighted by molar-refractivity contribution is -0.138. The Kier molecular flexibility index (Phi) is 5.16. The van der Waals surface area contributed by atoms with E-state index in [1.54, 1.807) is 18.2 Å². The van der Waals surface area contributed by atoms with Crippen LogP contribution in [0.25, 0.3) is 0 Å². The summed E-state index contributed by atoms with van der Waals surface area (Å²) < 4.78 is 45.0. The number of nitrogens with one attached hydrogen (secondary N) is 1. The largest absolute Gasteiger partial charge is 0.452 e. The van der Waals surface area contributed by atoms with Gasteiger partial charge in [-0.15, -0.1) is 0 Å². The summed E-state index contributed by atoms with van der Waals surface area (Å²) in [5.41, 5.74) is -0.206. The van der Waals surface area contributed by atoms with Crippen molar-refractivity contribution in [1.82, 2.24) is 5.32 Å². The predicted octanol–water partition coefficient (Wildman–Crippen LogP) is 5.52. The molecule has 0 saturated heterocycles. The lowest BCUT2D eigenvalue weighted by Gasteiger charge is -2.18. The summed E-state index contributed by atoms with van der Waals surface area (Å²) in [6, 6.07) is 7.18. The van der Waals surface area contributed by atoms with Crippen LogP contribution >= 0.6 is 31.9 Å². The zero-order valence-corrected chi connectivity index (χ0v) is 14.1. The molecule has 0 radical (unpaired) electrons. The van der Waals surface area contributed by atoms with Gasteiger partial charge in [0, 0.05) is 4.47 Å². The average molecular weight is 427 g/mol. The van der Waals surface area contributed by atoms with Crippen LogP contribution in [0.4, 0.5) is 13.2 Å². The van der Waals surface area contributed by atoms with Gasteiger partial charge in [0.05, 0.1) is 11.6 Å². The molecule has 0 aliphatic heterocycles. The summed E-state index contributed by atoms with van der Waals surface area (Å²) in [5.74, 6) is 0.555. The van der Waals surface area contributed by atoms with Crippen LogP contribution in [0.15, 0.2) is 43.9 Å². The molecule has 2 rings (SSSR count). The molecule has 0 amide bonds. The summed E-state index contributed by atoms with van der Waals surface area (Å²) in [4.78, 5) is 0. The third-order valence-corrected chi connectivity index (χ3v) is 4.03. The van der Waals surface area contributed by atoms with Gasteiger partial charge >= 0.3 is 6.18 Å². The van der Waals surface area contributed by atoms with Gasteiger partial charge in [0.15, 0.2) is 4.67 Å². The molecular weight excluding hydrogens is 415 g/mol. The molecular formula is C14H12Br2F3NO. The van der Waals surface area contributed by atoms with E-state index in [-0.39, 0.29) is 4.47 Å². The van der Waals surface area contributed by atoms with Crippen LogP contribution in [0.2, 0.25) is 0 Å². The fourth-order valence-corrected chi connectivity index (χ4v) is 2.80. The minimum absolute atomic E-state index is 0.0228. The first-order chi connectivity index (χ1) is 9.82. The first-order valence-electron chi connectivity index (χ1n) is 6.18. The zero-order chi connectivity index (χ0) is 15.6. The van der Waals surface area contributed by atoms with E-state index in [2.05, 4.69) is 37.2 Å². The smallest absolute Gasteiger partial charge is 0.417 e. The lowest BCUT2D eigenvalue weighted by atomic mass is 10.0. The van der Waals surface area contributed by atoms with Gasteiger partial charge in [-0.3, -0.25) is 0 Å². The highest BCUT2D eigenvalue weighted by Crippen LogP contribution is 2.37. The maximum atomic E-state index is 13.0. The molecule has 0 aliphatic rings. The Morgan fingerprint density at radius 2 is 1.90 bits per heavy atom. The molecule has 1 aromatic carbocycles. The number of rotatable bonds is 4. The quantitative estimate of drug-likeness (QED) is 0.696. The summed E-state index contributed by atoms with van der Waals surface area (Å²) >= 11 is 6.14. The highest BCUT2D eigenvalue weighted by atomic mass is 79.9. The molecule has 0 saturated carbocycles. The van der Waals surface area contributed by atoms with Crippen LogP contribution in [0.3, 0.4) is 0 Å². The lowest BCUT2D eigenvalue weighted by Crippen LogP contribution is -2.22. The molecule has 1 heterocycles. The summed E-state index contributed by atoms with van der Waals surface area (Å²) in [5, 5.41) is 3.13. The highest BCUT2D eigenvalue weighted by Gasteiger charge is 2.34. The Hall–Kier alpha value is -0.790. The monoisotopic (exact) mass is 425 g/mol. The third-order valence-electron chi connectivity index (χ3n) is 2.92. The predicted molar refractivity (Wildman–Crippen MR) is 81.1 cm³/mol. The standard InChI is InChI=1S/C14H12Br2F3NO/c1-2-20-13(11-5-6-12(16)21-11)8-3-4-10(15)9(7-8)14(17,18)19/h3-7,13,20H,2H2,1H3. The summed E-state index contributed by atoms with van der Waals surface area (Å²) in [6.07, 6.45) is -4.41. The van der Waals surface area contributed by atoms with Gasteiger partial charge in [-0.25, -0.2) is 0 Å². The van der Waals surface area contributed by atoms with Crippen molar-refractivity contribution in [2.24, 2.45) is 0 Å². The Labute approximate surface area is 137 Å². The van der Waals surface area contributed by atoms with Crippen molar-refractivity contribution in [2.75, 3.05) is 6.54 Å². The van der Waals surface area contributed by atoms with E-state index in [1.807, 2.05) is 6.92 Å². The first-order valence-corrected chi connectivity index (χ1v) is 7.76. The normalized spacial score (nSPS) is 13.4. The average Bonchev–Trinajstić information content (AvgIpc) is 2.82. The summed E-state index contributed by atoms with van der Waals surface area (Å²) in [6.45, 7) is 2.48. The number of alkyl halides is 3. The fourth-order valence-electron chi connectivity index (χ4n) is 2.01. The maximum absolute atomic E-state index is 13.0. The molecule has 2 nitrogen and oxygen atoms in total. The summed E-state index contributed by atoms with van der Waals surface area (Å²) in [7, 11) is 0. The number of hydrogen-bond donors (Lipinski definition) is 1. The molecule has 21 heavy (non-hydrogen) atoms. The van der Waals surface area contributed by atoms with E-state index in [1.165, 1.54) is 6.07 Å². The van der Waals surface area contributed by atoms with E-state index in [0.29, 0.717) is 22.5 Å². The van der Waals surface area contributed by atoms with Crippen LogP contribution in [0, 0.1) is 0 Å². The molecule has 1 atom stereocenters. The number of halogens is 5.